The number of carbonyl (C=O) groups excluding carboxylic acids is 2. The standard InChI is InChI=1S/C17H20ClN5O3/c1-26-11-10-19-6-7-22-16(24)14-15(21-9-8-20-14)17(25)23-13-4-2-12(18)3-5-13/h2-5,8-9,19H,6-7,10-11H2,1H3,(H,22,24)(H,23,25). The van der Waals surface area contributed by atoms with E-state index in [0.29, 0.717) is 37.0 Å². The molecule has 3 N–H and O–H groups in total. The molecule has 0 bridgehead atoms. The smallest absolute Gasteiger partial charge is 0.276 e. The highest BCUT2D eigenvalue weighted by atomic mass is 35.5. The second-order valence-corrected chi connectivity index (χ2v) is 5.65. The Hall–Kier alpha value is -2.55. The number of halogens is 1. The summed E-state index contributed by atoms with van der Waals surface area (Å²) in [5.41, 5.74) is 0.460. The Balaban J connectivity index is 1.96. The fourth-order valence-corrected chi connectivity index (χ4v) is 2.17. The van der Waals surface area contributed by atoms with Gasteiger partial charge in [0.15, 0.2) is 11.4 Å². The van der Waals surface area contributed by atoms with Gasteiger partial charge in [-0.05, 0) is 24.3 Å². The number of benzene rings is 1. The van der Waals surface area contributed by atoms with Crippen LogP contribution in [0.1, 0.15) is 21.0 Å². The third-order valence-corrected chi connectivity index (χ3v) is 3.55. The van der Waals surface area contributed by atoms with E-state index in [1.807, 2.05) is 0 Å². The van der Waals surface area contributed by atoms with Crippen LogP contribution in [0.4, 0.5) is 5.69 Å². The summed E-state index contributed by atoms with van der Waals surface area (Å²) in [6.45, 7) is 2.23. The van der Waals surface area contributed by atoms with E-state index in [-0.39, 0.29) is 11.4 Å². The van der Waals surface area contributed by atoms with Gasteiger partial charge in [-0.2, -0.15) is 0 Å². The first-order valence-electron chi connectivity index (χ1n) is 7.97. The minimum absolute atomic E-state index is 0.0316. The van der Waals surface area contributed by atoms with Crippen LogP contribution in [0.5, 0.6) is 0 Å². The molecule has 0 unspecified atom stereocenters. The van der Waals surface area contributed by atoms with Gasteiger partial charge in [0.2, 0.25) is 0 Å². The maximum atomic E-state index is 12.4. The molecule has 0 aliphatic carbocycles. The predicted molar refractivity (Wildman–Crippen MR) is 98.5 cm³/mol. The first-order valence-corrected chi connectivity index (χ1v) is 8.35. The molecule has 2 rings (SSSR count). The lowest BCUT2D eigenvalue weighted by molar-refractivity contribution is 0.0933. The zero-order valence-corrected chi connectivity index (χ0v) is 15.0. The third kappa shape index (κ3) is 6.07. The number of hydrogen-bond acceptors (Lipinski definition) is 6. The van der Waals surface area contributed by atoms with E-state index in [4.69, 9.17) is 16.3 Å². The highest BCUT2D eigenvalue weighted by Crippen LogP contribution is 2.14. The Labute approximate surface area is 156 Å². The minimum Gasteiger partial charge on any atom is -0.383 e. The number of ether oxygens (including phenoxy) is 1. The second-order valence-electron chi connectivity index (χ2n) is 5.21. The summed E-state index contributed by atoms with van der Waals surface area (Å²) in [6, 6.07) is 6.61. The fourth-order valence-electron chi connectivity index (χ4n) is 2.04. The Bertz CT molecular complexity index is 739. The van der Waals surface area contributed by atoms with Gasteiger partial charge in [-0.3, -0.25) is 9.59 Å². The van der Waals surface area contributed by atoms with Crippen LogP contribution in [0.25, 0.3) is 0 Å². The largest absolute Gasteiger partial charge is 0.383 e. The van der Waals surface area contributed by atoms with Crippen LogP contribution in [0.15, 0.2) is 36.7 Å². The molecule has 1 heterocycles. The van der Waals surface area contributed by atoms with Gasteiger partial charge in [0.25, 0.3) is 11.8 Å². The molecule has 0 fully saturated rings. The van der Waals surface area contributed by atoms with Gasteiger partial charge < -0.3 is 20.7 Å². The summed E-state index contributed by atoms with van der Waals surface area (Å²) in [6.07, 6.45) is 2.73. The van der Waals surface area contributed by atoms with Crippen LogP contribution >= 0.6 is 11.6 Å². The van der Waals surface area contributed by atoms with E-state index in [9.17, 15) is 9.59 Å². The highest BCUT2D eigenvalue weighted by Gasteiger charge is 2.19. The summed E-state index contributed by atoms with van der Waals surface area (Å²) in [4.78, 5) is 32.7. The van der Waals surface area contributed by atoms with Crippen LogP contribution in [-0.2, 0) is 4.74 Å². The van der Waals surface area contributed by atoms with Crippen LogP contribution in [0.2, 0.25) is 5.02 Å². The van der Waals surface area contributed by atoms with Crippen molar-refractivity contribution in [1.29, 1.82) is 0 Å². The number of anilines is 1. The predicted octanol–water partition coefficient (Wildman–Crippen LogP) is 1.35. The van der Waals surface area contributed by atoms with Crippen molar-refractivity contribution in [3.8, 4) is 0 Å². The molecular formula is C17H20ClN5O3. The molecule has 0 saturated heterocycles. The van der Waals surface area contributed by atoms with Crippen LogP contribution in [0, 0.1) is 0 Å². The Kier molecular flexibility index (Phi) is 7.94. The lowest BCUT2D eigenvalue weighted by Crippen LogP contribution is -2.34. The van der Waals surface area contributed by atoms with Crippen molar-refractivity contribution in [2.75, 3.05) is 38.7 Å². The van der Waals surface area contributed by atoms with E-state index in [0.717, 1.165) is 0 Å². The number of hydrogen-bond donors (Lipinski definition) is 3. The number of aromatic nitrogens is 2. The van der Waals surface area contributed by atoms with Gasteiger partial charge in [-0.1, -0.05) is 11.6 Å². The van der Waals surface area contributed by atoms with Gasteiger partial charge in [-0.15, -0.1) is 0 Å². The van der Waals surface area contributed by atoms with E-state index < -0.39 is 11.8 Å². The average molecular weight is 378 g/mol. The summed E-state index contributed by atoms with van der Waals surface area (Å²) >= 11 is 5.82. The van der Waals surface area contributed by atoms with Crippen molar-refractivity contribution < 1.29 is 14.3 Å². The molecule has 0 spiro atoms. The number of nitrogens with zero attached hydrogens (tertiary/aromatic N) is 2. The molecule has 2 amide bonds. The Morgan fingerprint density at radius 2 is 1.65 bits per heavy atom. The van der Waals surface area contributed by atoms with Crippen molar-refractivity contribution in [2.24, 2.45) is 0 Å². The Morgan fingerprint density at radius 1 is 1.00 bits per heavy atom. The molecule has 0 saturated carbocycles. The maximum Gasteiger partial charge on any atom is 0.276 e. The summed E-state index contributed by atoms with van der Waals surface area (Å²) in [7, 11) is 1.62. The van der Waals surface area contributed by atoms with E-state index in [1.54, 1.807) is 31.4 Å². The third-order valence-electron chi connectivity index (χ3n) is 3.30. The molecule has 26 heavy (non-hydrogen) atoms. The van der Waals surface area contributed by atoms with Crippen LogP contribution in [-0.4, -0.2) is 55.1 Å². The normalized spacial score (nSPS) is 10.4. The first kappa shape index (κ1) is 19.8. The summed E-state index contributed by atoms with van der Waals surface area (Å²) in [5, 5.41) is 9.02. The van der Waals surface area contributed by atoms with Crippen molar-refractivity contribution in [3.05, 3.63) is 53.1 Å². The molecule has 8 nitrogen and oxygen atoms in total. The van der Waals surface area contributed by atoms with Crippen molar-refractivity contribution in [3.63, 3.8) is 0 Å². The minimum atomic E-state index is -0.524. The van der Waals surface area contributed by atoms with Crippen LogP contribution < -0.4 is 16.0 Å². The lowest BCUT2D eigenvalue weighted by Gasteiger charge is -2.09. The number of methoxy groups -OCH3 is 1. The van der Waals surface area contributed by atoms with Gasteiger partial charge in [0.1, 0.15) is 0 Å². The molecule has 2 aromatic rings. The number of rotatable bonds is 9. The lowest BCUT2D eigenvalue weighted by atomic mass is 10.2. The molecule has 0 atom stereocenters. The van der Waals surface area contributed by atoms with Gasteiger partial charge in [0.05, 0.1) is 6.61 Å². The monoisotopic (exact) mass is 377 g/mol. The Morgan fingerprint density at radius 3 is 2.31 bits per heavy atom. The number of carbonyl (C=O) groups is 2. The van der Waals surface area contributed by atoms with Crippen molar-refractivity contribution in [2.45, 2.75) is 0 Å². The van der Waals surface area contributed by atoms with Crippen molar-refractivity contribution >= 4 is 29.1 Å². The first-order chi connectivity index (χ1) is 12.6. The molecule has 0 aliphatic heterocycles. The SMILES string of the molecule is COCCNCCNC(=O)c1nccnc1C(=O)Nc1ccc(Cl)cc1. The fraction of sp³-hybridized carbons (Fsp3) is 0.294. The van der Waals surface area contributed by atoms with E-state index in [2.05, 4.69) is 25.9 Å². The maximum absolute atomic E-state index is 12.4. The number of amides is 2. The summed E-state index contributed by atoms with van der Waals surface area (Å²) in [5.74, 6) is -0.989. The zero-order valence-electron chi connectivity index (χ0n) is 14.3. The highest BCUT2D eigenvalue weighted by molar-refractivity contribution is 6.30. The van der Waals surface area contributed by atoms with Crippen LogP contribution in [0.3, 0.4) is 0 Å². The molecule has 1 aromatic heterocycles. The summed E-state index contributed by atoms with van der Waals surface area (Å²) < 4.78 is 4.92. The molecular weight excluding hydrogens is 358 g/mol. The topological polar surface area (TPSA) is 105 Å². The van der Waals surface area contributed by atoms with E-state index >= 15 is 0 Å². The second kappa shape index (κ2) is 10.4. The molecule has 0 aliphatic rings. The zero-order chi connectivity index (χ0) is 18.8. The van der Waals surface area contributed by atoms with Gasteiger partial charge >= 0.3 is 0 Å². The van der Waals surface area contributed by atoms with Gasteiger partial charge in [-0.25, -0.2) is 9.97 Å². The average Bonchev–Trinajstić information content (AvgIpc) is 2.66. The molecule has 138 valence electrons. The molecule has 9 heteroatoms. The molecule has 0 radical (unpaired) electrons. The quantitative estimate of drug-likeness (QED) is 0.570. The van der Waals surface area contributed by atoms with Gasteiger partial charge in [0, 0.05) is 49.8 Å². The van der Waals surface area contributed by atoms with E-state index in [1.165, 1.54) is 12.4 Å². The molecule has 1 aromatic carbocycles. The van der Waals surface area contributed by atoms with Crippen molar-refractivity contribution in [1.82, 2.24) is 20.6 Å². The number of nitrogens with one attached hydrogen (secondary N) is 3.